The van der Waals surface area contributed by atoms with Crippen molar-refractivity contribution >= 4 is 17.5 Å². The maximum Gasteiger partial charge on any atom is 0.253 e. The highest BCUT2D eigenvalue weighted by Gasteiger charge is 2.14. The lowest BCUT2D eigenvalue weighted by Crippen LogP contribution is -2.26. The highest BCUT2D eigenvalue weighted by Crippen LogP contribution is 2.25. The van der Waals surface area contributed by atoms with Crippen molar-refractivity contribution < 1.29 is 14.3 Å². The maximum atomic E-state index is 12.4. The highest BCUT2D eigenvalue weighted by atomic mass is 35.5. The molecular formula is C17H18ClNO3. The van der Waals surface area contributed by atoms with E-state index in [0.29, 0.717) is 22.9 Å². The van der Waals surface area contributed by atoms with Crippen LogP contribution in [-0.4, -0.2) is 32.1 Å². The number of amides is 1. The summed E-state index contributed by atoms with van der Waals surface area (Å²) in [5.41, 5.74) is 1.55. The minimum absolute atomic E-state index is 0.0969. The Bertz CT molecular complexity index is 655. The van der Waals surface area contributed by atoms with E-state index in [9.17, 15) is 4.79 Å². The average Bonchev–Trinajstić information content (AvgIpc) is 2.54. The zero-order valence-electron chi connectivity index (χ0n) is 12.8. The monoisotopic (exact) mass is 319 g/mol. The van der Waals surface area contributed by atoms with Gasteiger partial charge in [-0.05, 0) is 35.9 Å². The third-order valence-corrected chi connectivity index (χ3v) is 3.62. The Kier molecular flexibility index (Phi) is 5.28. The van der Waals surface area contributed by atoms with Gasteiger partial charge in [-0.2, -0.15) is 0 Å². The van der Waals surface area contributed by atoms with Crippen LogP contribution in [0.15, 0.2) is 42.5 Å². The van der Waals surface area contributed by atoms with Crippen LogP contribution in [0, 0.1) is 0 Å². The molecule has 2 aromatic carbocycles. The van der Waals surface area contributed by atoms with Gasteiger partial charge in [-0.3, -0.25) is 4.79 Å². The zero-order chi connectivity index (χ0) is 16.1. The van der Waals surface area contributed by atoms with Crippen LogP contribution in [0.3, 0.4) is 0 Å². The lowest BCUT2D eigenvalue weighted by Gasteiger charge is -2.18. The molecular weight excluding hydrogens is 302 g/mol. The molecule has 2 aromatic rings. The molecule has 0 spiro atoms. The Labute approximate surface area is 135 Å². The van der Waals surface area contributed by atoms with E-state index in [0.717, 1.165) is 11.3 Å². The first kappa shape index (κ1) is 16.2. The standard InChI is InChI=1S/C17H18ClNO3/c1-19(11-12-4-7-14(21-2)8-5-12)17(20)13-6-9-16(22-3)15(18)10-13/h4-10H,11H2,1-3H3. The van der Waals surface area contributed by atoms with Gasteiger partial charge in [0.1, 0.15) is 11.5 Å². The van der Waals surface area contributed by atoms with Gasteiger partial charge in [0.15, 0.2) is 0 Å². The van der Waals surface area contributed by atoms with E-state index in [1.54, 1.807) is 44.4 Å². The van der Waals surface area contributed by atoms with Crippen molar-refractivity contribution in [2.24, 2.45) is 0 Å². The number of carbonyl (C=O) groups is 1. The predicted molar refractivity (Wildman–Crippen MR) is 86.8 cm³/mol. The van der Waals surface area contributed by atoms with Crippen molar-refractivity contribution in [1.82, 2.24) is 4.90 Å². The second-order valence-electron chi connectivity index (χ2n) is 4.86. The minimum atomic E-state index is -0.0969. The molecule has 5 heteroatoms. The molecule has 116 valence electrons. The first-order valence-electron chi connectivity index (χ1n) is 6.77. The smallest absolute Gasteiger partial charge is 0.253 e. The van der Waals surface area contributed by atoms with Crippen LogP contribution in [0.1, 0.15) is 15.9 Å². The summed E-state index contributed by atoms with van der Waals surface area (Å²) >= 11 is 6.06. The van der Waals surface area contributed by atoms with Crippen LogP contribution >= 0.6 is 11.6 Å². The summed E-state index contributed by atoms with van der Waals surface area (Å²) < 4.78 is 10.2. The molecule has 22 heavy (non-hydrogen) atoms. The molecule has 0 saturated carbocycles. The fraction of sp³-hybridized carbons (Fsp3) is 0.235. The molecule has 2 rings (SSSR count). The van der Waals surface area contributed by atoms with E-state index >= 15 is 0 Å². The molecule has 0 aromatic heterocycles. The fourth-order valence-corrected chi connectivity index (χ4v) is 2.35. The van der Waals surface area contributed by atoms with Gasteiger partial charge in [0.05, 0.1) is 19.2 Å². The number of ether oxygens (including phenoxy) is 2. The summed E-state index contributed by atoms with van der Waals surface area (Å²) in [5.74, 6) is 1.25. The third-order valence-electron chi connectivity index (χ3n) is 3.32. The quantitative estimate of drug-likeness (QED) is 0.844. The number of carbonyl (C=O) groups excluding carboxylic acids is 1. The lowest BCUT2D eigenvalue weighted by molar-refractivity contribution is 0.0785. The van der Waals surface area contributed by atoms with Crippen molar-refractivity contribution in [3.05, 3.63) is 58.6 Å². The van der Waals surface area contributed by atoms with Crippen LogP contribution in [0.4, 0.5) is 0 Å². The van der Waals surface area contributed by atoms with E-state index in [2.05, 4.69) is 0 Å². The second kappa shape index (κ2) is 7.18. The molecule has 0 heterocycles. The summed E-state index contributed by atoms with van der Waals surface area (Å²) in [6, 6.07) is 12.6. The Morgan fingerprint density at radius 1 is 1.09 bits per heavy atom. The highest BCUT2D eigenvalue weighted by molar-refractivity contribution is 6.32. The van der Waals surface area contributed by atoms with Gasteiger partial charge in [-0.15, -0.1) is 0 Å². The Hall–Kier alpha value is -2.20. The average molecular weight is 320 g/mol. The fourth-order valence-electron chi connectivity index (χ4n) is 2.10. The van der Waals surface area contributed by atoms with Gasteiger partial charge >= 0.3 is 0 Å². The van der Waals surface area contributed by atoms with Crippen molar-refractivity contribution in [3.8, 4) is 11.5 Å². The van der Waals surface area contributed by atoms with Crippen LogP contribution in [0.2, 0.25) is 5.02 Å². The summed E-state index contributed by atoms with van der Waals surface area (Å²) in [7, 11) is 4.92. The Morgan fingerprint density at radius 3 is 2.32 bits per heavy atom. The van der Waals surface area contributed by atoms with Crippen LogP contribution in [0.5, 0.6) is 11.5 Å². The van der Waals surface area contributed by atoms with E-state index < -0.39 is 0 Å². The van der Waals surface area contributed by atoms with Gasteiger partial charge in [0.25, 0.3) is 5.91 Å². The molecule has 4 nitrogen and oxygen atoms in total. The molecule has 0 saturated heterocycles. The second-order valence-corrected chi connectivity index (χ2v) is 5.27. The summed E-state index contributed by atoms with van der Waals surface area (Å²) in [6.07, 6.45) is 0. The molecule has 0 N–H and O–H groups in total. The Morgan fingerprint density at radius 2 is 1.77 bits per heavy atom. The normalized spacial score (nSPS) is 10.2. The van der Waals surface area contributed by atoms with E-state index in [1.165, 1.54) is 0 Å². The first-order chi connectivity index (χ1) is 10.5. The first-order valence-corrected chi connectivity index (χ1v) is 7.15. The number of rotatable bonds is 5. The maximum absolute atomic E-state index is 12.4. The number of benzene rings is 2. The molecule has 0 unspecified atom stereocenters. The van der Waals surface area contributed by atoms with Crippen LogP contribution in [0.25, 0.3) is 0 Å². The summed E-state index contributed by atoms with van der Waals surface area (Å²) in [6.45, 7) is 0.506. The van der Waals surface area contributed by atoms with Crippen molar-refractivity contribution in [2.75, 3.05) is 21.3 Å². The lowest BCUT2D eigenvalue weighted by atomic mass is 10.1. The number of halogens is 1. The Balaban J connectivity index is 2.09. The summed E-state index contributed by atoms with van der Waals surface area (Å²) in [4.78, 5) is 14.1. The van der Waals surface area contributed by atoms with Gasteiger partial charge in [0, 0.05) is 19.2 Å². The number of hydrogen-bond donors (Lipinski definition) is 0. The third kappa shape index (κ3) is 3.71. The molecule has 0 aliphatic heterocycles. The van der Waals surface area contributed by atoms with Crippen LogP contribution < -0.4 is 9.47 Å². The molecule has 1 amide bonds. The van der Waals surface area contributed by atoms with Gasteiger partial charge in [0.2, 0.25) is 0 Å². The largest absolute Gasteiger partial charge is 0.497 e. The number of hydrogen-bond acceptors (Lipinski definition) is 3. The number of nitrogens with zero attached hydrogens (tertiary/aromatic N) is 1. The number of methoxy groups -OCH3 is 2. The van der Waals surface area contributed by atoms with Gasteiger partial charge in [-0.1, -0.05) is 23.7 Å². The topological polar surface area (TPSA) is 38.8 Å². The predicted octanol–water partition coefficient (Wildman–Crippen LogP) is 3.63. The van der Waals surface area contributed by atoms with Gasteiger partial charge < -0.3 is 14.4 Å². The SMILES string of the molecule is COc1ccc(CN(C)C(=O)c2ccc(OC)c(Cl)c2)cc1. The van der Waals surface area contributed by atoms with Crippen molar-refractivity contribution in [1.29, 1.82) is 0 Å². The van der Waals surface area contributed by atoms with Crippen LogP contribution in [-0.2, 0) is 6.54 Å². The van der Waals surface area contributed by atoms with Crippen molar-refractivity contribution in [3.63, 3.8) is 0 Å². The van der Waals surface area contributed by atoms with Gasteiger partial charge in [-0.25, -0.2) is 0 Å². The molecule has 0 fully saturated rings. The zero-order valence-corrected chi connectivity index (χ0v) is 13.6. The van der Waals surface area contributed by atoms with E-state index in [1.807, 2.05) is 24.3 Å². The molecule has 0 bridgehead atoms. The van der Waals surface area contributed by atoms with E-state index in [-0.39, 0.29) is 5.91 Å². The molecule has 0 aliphatic rings. The summed E-state index contributed by atoms with van der Waals surface area (Å²) in [5, 5.41) is 0.422. The molecule has 0 radical (unpaired) electrons. The molecule has 0 atom stereocenters. The molecule has 0 aliphatic carbocycles. The minimum Gasteiger partial charge on any atom is -0.497 e. The van der Waals surface area contributed by atoms with E-state index in [4.69, 9.17) is 21.1 Å². The van der Waals surface area contributed by atoms with Crippen molar-refractivity contribution in [2.45, 2.75) is 6.54 Å².